The number of nitrogens with zero attached hydrogens (tertiary/aromatic N) is 8. The highest BCUT2D eigenvalue weighted by molar-refractivity contribution is 7.16. The van der Waals surface area contributed by atoms with Crippen molar-refractivity contribution in [2.45, 2.75) is 85.5 Å². The first kappa shape index (κ1) is 50.8. The summed E-state index contributed by atoms with van der Waals surface area (Å²) < 4.78 is 42.0. The number of likely N-dealkylation sites (N-methyl/N-ethyl adjacent to an activating group) is 1. The fourth-order valence-electron chi connectivity index (χ4n) is 6.03. The molecule has 0 atom stereocenters. The Labute approximate surface area is 391 Å². The molecule has 0 unspecified atom stereocenters. The lowest BCUT2D eigenvalue weighted by atomic mass is 10.2. The van der Waals surface area contributed by atoms with Gasteiger partial charge in [-0.2, -0.15) is 4.99 Å². The molecule has 0 N–H and O–H groups in total. The number of ether oxygens (including phenoxy) is 4. The van der Waals surface area contributed by atoms with Crippen LogP contribution in [0.1, 0.15) is 60.6 Å². The van der Waals surface area contributed by atoms with E-state index in [1.54, 1.807) is 40.2 Å². The monoisotopic (exact) mass is 947 g/mol. The Hall–Kier alpha value is -5.19. The molecule has 0 radical (unpaired) electrons. The molecule has 65 heavy (non-hydrogen) atoms. The minimum absolute atomic E-state index is 0.0845. The van der Waals surface area contributed by atoms with E-state index in [0.29, 0.717) is 71.0 Å². The van der Waals surface area contributed by atoms with E-state index in [0.717, 1.165) is 26.6 Å². The van der Waals surface area contributed by atoms with Crippen molar-refractivity contribution in [3.8, 4) is 17.6 Å². The Bertz CT molecular complexity index is 2560. The summed E-state index contributed by atoms with van der Waals surface area (Å²) in [5.41, 5.74) is 1.89. The van der Waals surface area contributed by atoms with Crippen molar-refractivity contribution in [2.75, 3.05) is 72.5 Å². The van der Waals surface area contributed by atoms with E-state index in [4.69, 9.17) is 23.9 Å². The second-order valence-electron chi connectivity index (χ2n) is 18.8. The van der Waals surface area contributed by atoms with Crippen LogP contribution in [-0.2, 0) is 27.4 Å². The summed E-state index contributed by atoms with van der Waals surface area (Å²) in [5, 5.41) is 9.57. The van der Waals surface area contributed by atoms with Gasteiger partial charge in [-0.1, -0.05) is 55.0 Å². The maximum Gasteiger partial charge on any atom is 0.411 e. The number of aromatic nitrogens is 4. The van der Waals surface area contributed by atoms with Crippen LogP contribution in [0, 0.1) is 24.6 Å². The first-order chi connectivity index (χ1) is 30.6. The van der Waals surface area contributed by atoms with Gasteiger partial charge in [-0.05, 0) is 95.5 Å². The minimum atomic E-state index is -1.24. The van der Waals surface area contributed by atoms with Gasteiger partial charge in [0.15, 0.2) is 38.8 Å². The van der Waals surface area contributed by atoms with Gasteiger partial charge in [0.1, 0.15) is 12.3 Å². The van der Waals surface area contributed by atoms with Crippen LogP contribution < -0.4 is 14.4 Å². The number of rotatable bonds is 19. The lowest BCUT2D eigenvalue weighted by Gasteiger charge is -2.29. The fourth-order valence-corrected chi connectivity index (χ4v) is 8.87. The Morgan fingerprint density at radius 1 is 1.03 bits per heavy atom. The Balaban J connectivity index is 1.24. The van der Waals surface area contributed by atoms with Gasteiger partial charge in [-0.15, -0.1) is 21.5 Å². The zero-order chi connectivity index (χ0) is 47.5. The largest absolute Gasteiger partial charge is 0.491 e. The molecule has 3 heterocycles. The van der Waals surface area contributed by atoms with Gasteiger partial charge in [-0.25, -0.2) is 19.0 Å². The van der Waals surface area contributed by atoms with Crippen molar-refractivity contribution in [3.63, 3.8) is 0 Å². The van der Waals surface area contributed by atoms with Gasteiger partial charge < -0.3 is 28.3 Å². The summed E-state index contributed by atoms with van der Waals surface area (Å²) in [4.78, 5) is 40.4. The average molecular weight is 948 g/mol. The number of para-hydroxylation sites is 1. The number of hydrogen-bond donors (Lipinski definition) is 0. The summed E-state index contributed by atoms with van der Waals surface area (Å²) in [6.07, 6.45) is 0.467. The number of esters is 1. The van der Waals surface area contributed by atoms with Crippen molar-refractivity contribution >= 4 is 69.8 Å². The third-order valence-corrected chi connectivity index (χ3v) is 13.6. The first-order valence-corrected chi connectivity index (χ1v) is 27.1. The van der Waals surface area contributed by atoms with Crippen LogP contribution in [0.25, 0.3) is 10.2 Å². The van der Waals surface area contributed by atoms with Crippen LogP contribution >= 0.6 is 22.7 Å². The Kier molecular flexibility index (Phi) is 17.5. The number of anilines is 2. The molecule has 0 aliphatic rings. The van der Waals surface area contributed by atoms with E-state index in [9.17, 15) is 9.59 Å². The van der Waals surface area contributed by atoms with Crippen LogP contribution in [0.15, 0.2) is 53.5 Å². The Morgan fingerprint density at radius 3 is 2.46 bits per heavy atom. The molecule has 0 saturated carbocycles. The average Bonchev–Trinajstić information content (AvgIpc) is 3.80. The number of benzene rings is 2. The van der Waals surface area contributed by atoms with Crippen molar-refractivity contribution in [2.24, 2.45) is 4.99 Å². The highest BCUT2D eigenvalue weighted by Gasteiger charge is 2.25. The van der Waals surface area contributed by atoms with E-state index < -0.39 is 31.6 Å². The van der Waals surface area contributed by atoms with Crippen LogP contribution in [0.5, 0.6) is 5.75 Å². The van der Waals surface area contributed by atoms with Gasteiger partial charge >= 0.3 is 12.1 Å². The molecule has 0 aliphatic heterocycles. The summed E-state index contributed by atoms with van der Waals surface area (Å²) in [5.74, 6) is 5.98. The molecule has 5 rings (SSSR count). The number of fused-ring (bicyclic) bond motifs is 1. The molecular weight excluding hydrogens is 884 g/mol. The van der Waals surface area contributed by atoms with Gasteiger partial charge in [-0.3, -0.25) is 9.47 Å². The number of hydrogen-bond acceptors (Lipinski definition) is 13. The molecule has 0 saturated heterocycles. The SMILES string of the molecule is CCOC(=O)c1nc(N(C)c2cc(C)c(N=c3sc4ccccc4n3COCC[Si](C)(C)C)nn2)sc1CCCOc1ccc(C#CCN(CC[N+](C)(C)C)C(=O)OC(C)(C)C)cc1F. The van der Waals surface area contributed by atoms with E-state index in [-0.39, 0.29) is 31.2 Å². The summed E-state index contributed by atoms with van der Waals surface area (Å²) in [6, 6.07) is 15.7. The fraction of sp³-hybridized carbons (Fsp3) is 0.489. The zero-order valence-electron chi connectivity index (χ0n) is 39.9. The highest BCUT2D eigenvalue weighted by atomic mass is 32.1. The molecule has 0 bridgehead atoms. The molecular formula is C47H64FN8O6S2Si+. The van der Waals surface area contributed by atoms with Gasteiger partial charge in [0.05, 0.1) is 64.2 Å². The van der Waals surface area contributed by atoms with E-state index in [2.05, 4.69) is 63.4 Å². The van der Waals surface area contributed by atoms with E-state index in [1.807, 2.05) is 74.1 Å². The van der Waals surface area contributed by atoms with Gasteiger partial charge in [0.2, 0.25) is 0 Å². The van der Waals surface area contributed by atoms with Gasteiger partial charge in [0, 0.05) is 32.2 Å². The van der Waals surface area contributed by atoms with Crippen LogP contribution in [-0.4, -0.2) is 123 Å². The molecule has 1 amide bonds. The second kappa shape index (κ2) is 22.3. The maximum absolute atomic E-state index is 15.2. The smallest absolute Gasteiger partial charge is 0.411 e. The highest BCUT2D eigenvalue weighted by Crippen LogP contribution is 2.32. The number of carbonyl (C=O) groups excluding carboxylic acids is 2. The number of quaternary nitrogens is 1. The number of amides is 1. The maximum atomic E-state index is 15.2. The van der Waals surface area contributed by atoms with Crippen LogP contribution in [0.4, 0.5) is 26.0 Å². The summed E-state index contributed by atoms with van der Waals surface area (Å²) in [6.45, 7) is 18.9. The standard InChI is InChI=1S/C47H64FN8O6S2Si/c1-13-60-43(57)41-39(21-17-27-61-37-23-22-34(31-35(37)48)18-16-24-54(25-26-56(7,8)9)46(58)62-47(3,4)5)64-44(49-41)53(6)40-30-33(2)42(52-51-40)50-45-55(32-59-28-29-65(10,11)12)36-19-14-15-20-38(36)63-45/h14-15,19-20,22-23,30-31H,13,17,21,24-29,32H2,1-12H3/q+1. The number of halogens is 1. The zero-order valence-corrected chi connectivity index (χ0v) is 42.5. The third-order valence-electron chi connectivity index (χ3n) is 9.67. The van der Waals surface area contributed by atoms with E-state index in [1.165, 1.54) is 17.4 Å². The topological polar surface area (TPSA) is 134 Å². The summed E-state index contributed by atoms with van der Waals surface area (Å²) in [7, 11) is 6.72. The molecule has 0 fully saturated rings. The van der Waals surface area contributed by atoms with Crippen LogP contribution in [0.2, 0.25) is 25.7 Å². The molecule has 0 aliphatic carbocycles. The molecule has 5 aromatic rings. The molecule has 14 nitrogen and oxygen atoms in total. The predicted octanol–water partition coefficient (Wildman–Crippen LogP) is 9.19. The quantitative estimate of drug-likeness (QED) is 0.0260. The molecule has 0 spiro atoms. The second-order valence-corrected chi connectivity index (χ2v) is 26.5. The lowest BCUT2D eigenvalue weighted by molar-refractivity contribution is -0.869. The van der Waals surface area contributed by atoms with Crippen molar-refractivity contribution in [3.05, 3.63) is 80.8 Å². The van der Waals surface area contributed by atoms with Crippen LogP contribution in [0.3, 0.4) is 0 Å². The number of aryl methyl sites for hydroxylation is 2. The van der Waals surface area contributed by atoms with Crippen molar-refractivity contribution in [1.29, 1.82) is 0 Å². The van der Waals surface area contributed by atoms with Crippen molar-refractivity contribution in [1.82, 2.24) is 24.6 Å². The normalized spacial score (nSPS) is 12.2. The summed E-state index contributed by atoms with van der Waals surface area (Å²) >= 11 is 2.92. The first-order valence-electron chi connectivity index (χ1n) is 21.8. The Morgan fingerprint density at radius 2 is 1.78 bits per heavy atom. The molecule has 3 aromatic heterocycles. The van der Waals surface area contributed by atoms with E-state index >= 15 is 4.39 Å². The lowest BCUT2D eigenvalue weighted by Crippen LogP contribution is -2.45. The molecule has 350 valence electrons. The predicted molar refractivity (Wildman–Crippen MR) is 260 cm³/mol. The molecule has 2 aromatic carbocycles. The number of thiazole rings is 2. The van der Waals surface area contributed by atoms with Gasteiger partial charge in [0.25, 0.3) is 0 Å². The third kappa shape index (κ3) is 15.5. The molecule has 18 heteroatoms. The minimum Gasteiger partial charge on any atom is -0.491 e. The number of carbonyl (C=O) groups is 2. The van der Waals surface area contributed by atoms with Crippen molar-refractivity contribution < 1.29 is 37.4 Å².